The standard InChI is InChI=1S/C18H14F3N3O3S/c19-14-9-12(17-22-23-18(27-17)16(20)21)5-6-13(14)10-24-15-4-2-1-3-11(15)7-8-28(24,25)26/h1-6,9,16H,7-8,10H2. The Balaban J connectivity index is 1.65. The van der Waals surface area contributed by atoms with Gasteiger partial charge in [-0.05, 0) is 30.2 Å². The van der Waals surface area contributed by atoms with Gasteiger partial charge >= 0.3 is 6.43 Å². The number of para-hydroxylation sites is 1. The number of fused-ring (bicyclic) bond motifs is 1. The molecule has 4 rings (SSSR count). The Morgan fingerprint density at radius 3 is 2.64 bits per heavy atom. The molecule has 0 aliphatic carbocycles. The van der Waals surface area contributed by atoms with Gasteiger partial charge in [-0.3, -0.25) is 4.31 Å². The minimum Gasteiger partial charge on any atom is -0.415 e. The van der Waals surface area contributed by atoms with Gasteiger partial charge in [0.25, 0.3) is 5.89 Å². The second kappa shape index (κ2) is 6.93. The lowest BCUT2D eigenvalue weighted by Gasteiger charge is -2.30. The lowest BCUT2D eigenvalue weighted by molar-refractivity contribution is 0.116. The molecule has 2 heterocycles. The average Bonchev–Trinajstić information content (AvgIpc) is 3.16. The van der Waals surface area contributed by atoms with Gasteiger partial charge in [0, 0.05) is 11.1 Å². The molecular weight excluding hydrogens is 395 g/mol. The van der Waals surface area contributed by atoms with Gasteiger partial charge in [0.1, 0.15) is 5.82 Å². The molecule has 146 valence electrons. The number of rotatable bonds is 4. The van der Waals surface area contributed by atoms with E-state index in [-0.39, 0.29) is 29.3 Å². The van der Waals surface area contributed by atoms with E-state index < -0.39 is 28.2 Å². The number of alkyl halides is 2. The molecule has 0 N–H and O–H groups in total. The highest BCUT2D eigenvalue weighted by Gasteiger charge is 2.30. The zero-order chi connectivity index (χ0) is 19.9. The van der Waals surface area contributed by atoms with Crippen molar-refractivity contribution in [3.05, 3.63) is 65.3 Å². The van der Waals surface area contributed by atoms with Crippen LogP contribution < -0.4 is 4.31 Å². The van der Waals surface area contributed by atoms with Crippen LogP contribution in [0.25, 0.3) is 11.5 Å². The van der Waals surface area contributed by atoms with E-state index in [1.807, 2.05) is 12.1 Å². The van der Waals surface area contributed by atoms with Gasteiger partial charge in [0.2, 0.25) is 15.9 Å². The third-order valence-electron chi connectivity index (χ3n) is 4.47. The molecule has 0 saturated heterocycles. The van der Waals surface area contributed by atoms with Crippen molar-refractivity contribution >= 4 is 15.7 Å². The molecular formula is C18H14F3N3O3S. The molecule has 1 aliphatic heterocycles. The zero-order valence-electron chi connectivity index (χ0n) is 14.3. The molecule has 0 unspecified atom stereocenters. The highest BCUT2D eigenvalue weighted by Crippen LogP contribution is 2.32. The molecule has 3 aromatic rings. The molecule has 28 heavy (non-hydrogen) atoms. The fourth-order valence-corrected chi connectivity index (χ4v) is 4.56. The highest BCUT2D eigenvalue weighted by molar-refractivity contribution is 7.92. The van der Waals surface area contributed by atoms with Gasteiger partial charge in [0.05, 0.1) is 18.0 Å². The van der Waals surface area contributed by atoms with Gasteiger partial charge < -0.3 is 4.42 Å². The monoisotopic (exact) mass is 409 g/mol. The lowest BCUT2D eigenvalue weighted by atomic mass is 10.1. The van der Waals surface area contributed by atoms with Gasteiger partial charge in [-0.1, -0.05) is 24.3 Å². The first-order chi connectivity index (χ1) is 13.3. The molecule has 2 aromatic carbocycles. The predicted octanol–water partition coefficient (Wildman–Crippen LogP) is 3.71. The van der Waals surface area contributed by atoms with Crippen molar-refractivity contribution in [3.63, 3.8) is 0 Å². The fourth-order valence-electron chi connectivity index (χ4n) is 3.05. The van der Waals surface area contributed by atoms with Crippen LogP contribution in [0.5, 0.6) is 0 Å². The first kappa shape index (κ1) is 18.5. The molecule has 0 bridgehead atoms. The summed E-state index contributed by atoms with van der Waals surface area (Å²) in [5.41, 5.74) is 1.66. The van der Waals surface area contributed by atoms with E-state index in [1.165, 1.54) is 16.4 Å². The Morgan fingerprint density at radius 2 is 1.93 bits per heavy atom. The second-order valence-electron chi connectivity index (χ2n) is 6.25. The quantitative estimate of drug-likeness (QED) is 0.657. The molecule has 0 fully saturated rings. The number of aryl methyl sites for hydroxylation is 1. The molecule has 0 spiro atoms. The van der Waals surface area contributed by atoms with Crippen molar-refractivity contribution in [2.75, 3.05) is 10.1 Å². The van der Waals surface area contributed by atoms with Crippen LogP contribution in [0.3, 0.4) is 0 Å². The maximum atomic E-state index is 14.6. The van der Waals surface area contributed by atoms with E-state index in [1.54, 1.807) is 12.1 Å². The highest BCUT2D eigenvalue weighted by atomic mass is 32.2. The van der Waals surface area contributed by atoms with Gasteiger partial charge in [-0.25, -0.2) is 12.8 Å². The van der Waals surface area contributed by atoms with Crippen molar-refractivity contribution in [1.82, 2.24) is 10.2 Å². The van der Waals surface area contributed by atoms with Crippen molar-refractivity contribution in [3.8, 4) is 11.5 Å². The van der Waals surface area contributed by atoms with Crippen molar-refractivity contribution in [2.45, 2.75) is 19.4 Å². The summed E-state index contributed by atoms with van der Waals surface area (Å²) in [5, 5.41) is 6.68. The summed E-state index contributed by atoms with van der Waals surface area (Å²) < 4.78 is 70.8. The van der Waals surface area contributed by atoms with Gasteiger partial charge in [-0.2, -0.15) is 8.78 Å². The second-order valence-corrected chi connectivity index (χ2v) is 8.27. The number of hydrogen-bond acceptors (Lipinski definition) is 5. The zero-order valence-corrected chi connectivity index (χ0v) is 15.2. The van der Waals surface area contributed by atoms with Crippen LogP contribution in [0.1, 0.15) is 23.4 Å². The molecule has 10 heteroatoms. The summed E-state index contributed by atoms with van der Waals surface area (Å²) in [6.45, 7) is -0.183. The SMILES string of the molecule is O=S1(=O)CCc2ccccc2N1Cc1ccc(-c2nnc(C(F)F)o2)cc1F. The maximum Gasteiger partial charge on any atom is 0.314 e. The number of anilines is 1. The summed E-state index contributed by atoms with van der Waals surface area (Å²) in [5.74, 6) is -1.85. The normalized spacial score (nSPS) is 15.6. The van der Waals surface area contributed by atoms with Crippen LogP contribution in [-0.2, 0) is 23.0 Å². The maximum absolute atomic E-state index is 14.6. The van der Waals surface area contributed by atoms with Crippen LogP contribution in [0.15, 0.2) is 46.9 Å². The summed E-state index contributed by atoms with van der Waals surface area (Å²) in [7, 11) is -3.58. The Hall–Kier alpha value is -2.88. The first-order valence-corrected chi connectivity index (χ1v) is 9.95. The number of hydrogen-bond donors (Lipinski definition) is 0. The topological polar surface area (TPSA) is 76.3 Å². The molecule has 0 radical (unpaired) electrons. The molecule has 1 aliphatic rings. The average molecular weight is 409 g/mol. The number of benzene rings is 2. The Morgan fingerprint density at radius 1 is 1.14 bits per heavy atom. The Bertz CT molecular complexity index is 1130. The summed E-state index contributed by atoms with van der Waals surface area (Å²) in [4.78, 5) is 0. The Kier molecular flexibility index (Phi) is 4.58. The van der Waals surface area contributed by atoms with Crippen LogP contribution in [-0.4, -0.2) is 24.4 Å². The molecule has 1 aromatic heterocycles. The molecule has 0 amide bonds. The van der Waals surface area contributed by atoms with Crippen LogP contribution in [0.2, 0.25) is 0 Å². The smallest absolute Gasteiger partial charge is 0.314 e. The fraction of sp³-hybridized carbons (Fsp3) is 0.222. The van der Waals surface area contributed by atoms with Crippen LogP contribution in [0.4, 0.5) is 18.9 Å². The number of halogens is 3. The van der Waals surface area contributed by atoms with Crippen molar-refractivity contribution in [1.29, 1.82) is 0 Å². The van der Waals surface area contributed by atoms with Crippen molar-refractivity contribution < 1.29 is 26.0 Å². The van der Waals surface area contributed by atoms with E-state index in [2.05, 4.69) is 10.2 Å². The van der Waals surface area contributed by atoms with E-state index in [0.717, 1.165) is 11.6 Å². The third-order valence-corrected chi connectivity index (χ3v) is 6.18. The van der Waals surface area contributed by atoms with E-state index in [0.29, 0.717) is 12.1 Å². The molecule has 6 nitrogen and oxygen atoms in total. The van der Waals surface area contributed by atoms with Gasteiger partial charge in [-0.15, -0.1) is 10.2 Å². The van der Waals surface area contributed by atoms with E-state index >= 15 is 0 Å². The largest absolute Gasteiger partial charge is 0.415 e. The first-order valence-electron chi connectivity index (χ1n) is 8.34. The number of aromatic nitrogens is 2. The van der Waals surface area contributed by atoms with E-state index in [4.69, 9.17) is 4.42 Å². The number of nitrogens with zero attached hydrogens (tertiary/aromatic N) is 3. The van der Waals surface area contributed by atoms with Crippen LogP contribution in [0, 0.1) is 5.82 Å². The number of sulfonamides is 1. The predicted molar refractivity (Wildman–Crippen MR) is 94.8 cm³/mol. The molecule has 0 saturated carbocycles. The minimum absolute atomic E-state index is 0.0535. The lowest BCUT2D eigenvalue weighted by Crippen LogP contribution is -2.37. The van der Waals surface area contributed by atoms with Crippen LogP contribution >= 0.6 is 0 Å². The summed E-state index contributed by atoms with van der Waals surface area (Å²) in [6, 6.07) is 10.9. The summed E-state index contributed by atoms with van der Waals surface area (Å²) >= 11 is 0. The third kappa shape index (κ3) is 3.35. The Labute approximate surface area is 158 Å². The minimum atomic E-state index is -3.58. The van der Waals surface area contributed by atoms with Gasteiger partial charge in [0.15, 0.2) is 0 Å². The van der Waals surface area contributed by atoms with E-state index in [9.17, 15) is 21.6 Å². The van der Waals surface area contributed by atoms with Crippen molar-refractivity contribution in [2.24, 2.45) is 0 Å². The molecule has 0 atom stereocenters. The summed E-state index contributed by atoms with van der Waals surface area (Å²) in [6.07, 6.45) is -2.52.